The summed E-state index contributed by atoms with van der Waals surface area (Å²) in [6.45, 7) is 13.1. The summed E-state index contributed by atoms with van der Waals surface area (Å²) in [6, 6.07) is 7.03. The van der Waals surface area contributed by atoms with Gasteiger partial charge in [-0.1, -0.05) is 18.2 Å². The van der Waals surface area contributed by atoms with Crippen LogP contribution in [0.25, 0.3) is 0 Å². The van der Waals surface area contributed by atoms with Gasteiger partial charge in [0.2, 0.25) is 0 Å². The topological polar surface area (TPSA) is 64.6 Å². The van der Waals surface area contributed by atoms with E-state index in [4.69, 9.17) is 4.74 Å². The van der Waals surface area contributed by atoms with Crippen molar-refractivity contribution in [1.29, 1.82) is 0 Å². The highest BCUT2D eigenvalue weighted by Crippen LogP contribution is 2.54. The van der Waals surface area contributed by atoms with E-state index >= 15 is 0 Å². The molecule has 1 saturated heterocycles. The number of ether oxygens (including phenoxy) is 1. The molecule has 0 radical (unpaired) electrons. The molecule has 0 bridgehead atoms. The van der Waals surface area contributed by atoms with Crippen molar-refractivity contribution in [2.45, 2.75) is 96.0 Å². The van der Waals surface area contributed by atoms with Crippen LogP contribution in [-0.2, 0) is 22.5 Å². The van der Waals surface area contributed by atoms with Gasteiger partial charge in [0.05, 0.1) is 6.04 Å². The first kappa shape index (κ1) is 22.9. The van der Waals surface area contributed by atoms with Crippen LogP contribution in [0.1, 0.15) is 95.9 Å². The first-order chi connectivity index (χ1) is 14.4. The van der Waals surface area contributed by atoms with E-state index in [-0.39, 0.29) is 22.3 Å². The van der Waals surface area contributed by atoms with Crippen LogP contribution in [0.3, 0.4) is 0 Å². The van der Waals surface area contributed by atoms with Crippen LogP contribution < -0.4 is 4.72 Å². The number of nitrogens with zero attached hydrogens (tertiary/aromatic N) is 1. The van der Waals surface area contributed by atoms with Crippen molar-refractivity contribution in [3.05, 3.63) is 34.9 Å². The monoisotopic (exact) mass is 446 g/mol. The summed E-state index contributed by atoms with van der Waals surface area (Å²) in [5, 5.41) is 0. The van der Waals surface area contributed by atoms with Gasteiger partial charge in [-0.05, 0) is 96.3 Å². The van der Waals surface area contributed by atoms with Crippen LogP contribution >= 0.6 is 0 Å². The number of amides is 1. The number of carbonyl (C=O) groups excluding carboxylic acids is 1. The predicted molar refractivity (Wildman–Crippen MR) is 125 cm³/mol. The van der Waals surface area contributed by atoms with E-state index in [1.54, 1.807) is 0 Å². The third-order valence-corrected chi connectivity index (χ3v) is 8.44. The number of nitrogens with one attached hydrogen (secondary N) is 1. The molecule has 0 aromatic heterocycles. The van der Waals surface area contributed by atoms with Crippen LogP contribution in [0.4, 0.5) is 4.79 Å². The molecule has 2 atom stereocenters. The van der Waals surface area contributed by atoms with E-state index in [1.165, 1.54) is 29.5 Å². The molecule has 1 saturated carbocycles. The average Bonchev–Trinajstić information content (AvgIpc) is 3.46. The Morgan fingerprint density at radius 2 is 1.81 bits per heavy atom. The first-order valence-electron chi connectivity index (χ1n) is 11.7. The standard InChI is InChI=1S/C25H38N2O3S/c1-23(2,3)30-22(28)27-13-11-25(12-14-27)16-19-10-9-18(17-7-8-17)15-20(19)21(25)26-31(29)24(4,5)6/h9-10,15,17,21,26H,7-8,11-14,16H2,1-6H3/t21-,31?/m1/s1. The zero-order valence-corrected chi connectivity index (χ0v) is 20.7. The zero-order valence-electron chi connectivity index (χ0n) is 19.9. The second-order valence-electron chi connectivity index (χ2n) is 11.7. The molecule has 6 heteroatoms. The van der Waals surface area contributed by atoms with E-state index in [0.29, 0.717) is 19.0 Å². The minimum atomic E-state index is -1.15. The lowest BCUT2D eigenvalue weighted by Gasteiger charge is -2.44. The lowest BCUT2D eigenvalue weighted by molar-refractivity contribution is 0.00716. The number of rotatable bonds is 3. The molecule has 1 unspecified atom stereocenters. The van der Waals surface area contributed by atoms with Crippen molar-refractivity contribution in [3.63, 3.8) is 0 Å². The molecule has 5 nitrogen and oxygen atoms in total. The molecule has 1 aromatic carbocycles. The largest absolute Gasteiger partial charge is 0.598 e. The van der Waals surface area contributed by atoms with Gasteiger partial charge in [-0.3, -0.25) is 0 Å². The van der Waals surface area contributed by atoms with Crippen molar-refractivity contribution in [2.24, 2.45) is 5.41 Å². The maximum absolute atomic E-state index is 13.1. The highest BCUT2D eigenvalue weighted by molar-refractivity contribution is 7.90. The molecule has 4 rings (SSSR count). The Kier molecular flexibility index (Phi) is 5.89. The summed E-state index contributed by atoms with van der Waals surface area (Å²) in [5.41, 5.74) is 3.63. The van der Waals surface area contributed by atoms with Gasteiger partial charge >= 0.3 is 6.09 Å². The summed E-state index contributed by atoms with van der Waals surface area (Å²) in [6.07, 6.45) is 5.09. The third kappa shape index (κ3) is 4.91. The maximum Gasteiger partial charge on any atom is 0.410 e. The third-order valence-electron chi connectivity index (χ3n) is 6.88. The minimum Gasteiger partial charge on any atom is -0.598 e. The molecule has 3 aliphatic rings. The molecule has 1 N–H and O–H groups in total. The van der Waals surface area contributed by atoms with Crippen LogP contribution in [-0.4, -0.2) is 39.0 Å². The van der Waals surface area contributed by atoms with Crippen LogP contribution in [0.5, 0.6) is 0 Å². The fourth-order valence-electron chi connectivity index (χ4n) is 4.92. The van der Waals surface area contributed by atoms with Crippen molar-refractivity contribution in [2.75, 3.05) is 13.1 Å². The summed E-state index contributed by atoms with van der Waals surface area (Å²) in [5.74, 6) is 0.699. The van der Waals surface area contributed by atoms with Crippen LogP contribution in [0, 0.1) is 5.41 Å². The van der Waals surface area contributed by atoms with E-state index < -0.39 is 17.0 Å². The minimum absolute atomic E-state index is 0.00999. The quantitative estimate of drug-likeness (QED) is 0.646. The van der Waals surface area contributed by atoms with Crippen molar-refractivity contribution < 1.29 is 14.1 Å². The first-order valence-corrected chi connectivity index (χ1v) is 12.8. The van der Waals surface area contributed by atoms with Gasteiger partial charge in [-0.15, -0.1) is 4.72 Å². The highest BCUT2D eigenvalue weighted by Gasteiger charge is 2.51. The summed E-state index contributed by atoms with van der Waals surface area (Å²) < 4.78 is 21.9. The molecule has 172 valence electrons. The zero-order chi connectivity index (χ0) is 22.6. The summed E-state index contributed by atoms with van der Waals surface area (Å²) >= 11 is -1.15. The summed E-state index contributed by atoms with van der Waals surface area (Å²) in [7, 11) is 0. The number of hydrogen-bond acceptors (Lipinski definition) is 4. The lowest BCUT2D eigenvalue weighted by Crippen LogP contribution is -2.51. The Balaban J connectivity index is 1.56. The number of benzene rings is 1. The molecular formula is C25H38N2O3S. The summed E-state index contributed by atoms with van der Waals surface area (Å²) in [4.78, 5) is 14.4. The lowest BCUT2D eigenvalue weighted by atomic mass is 9.73. The Morgan fingerprint density at radius 1 is 1.16 bits per heavy atom. The number of carbonyl (C=O) groups is 1. The fourth-order valence-corrected chi connectivity index (χ4v) is 5.87. The van der Waals surface area contributed by atoms with Crippen LogP contribution in [0.15, 0.2) is 18.2 Å². The average molecular weight is 447 g/mol. The second-order valence-corrected chi connectivity index (χ2v) is 13.7. The van der Waals surface area contributed by atoms with Crippen molar-refractivity contribution in [3.8, 4) is 0 Å². The van der Waals surface area contributed by atoms with E-state index in [1.807, 2.05) is 46.4 Å². The number of hydrogen-bond donors (Lipinski definition) is 1. The number of fused-ring (bicyclic) bond motifs is 1. The van der Waals surface area contributed by atoms with Gasteiger partial charge in [-0.2, -0.15) is 0 Å². The molecule has 31 heavy (non-hydrogen) atoms. The van der Waals surface area contributed by atoms with Gasteiger partial charge in [0, 0.05) is 29.9 Å². The Bertz CT molecular complexity index is 830. The second kappa shape index (κ2) is 7.96. The number of likely N-dealkylation sites (tertiary alicyclic amines) is 1. The predicted octanol–water partition coefficient (Wildman–Crippen LogP) is 5.23. The van der Waals surface area contributed by atoms with Gasteiger partial charge < -0.3 is 14.2 Å². The molecule has 1 aromatic rings. The molecule has 1 spiro atoms. The maximum atomic E-state index is 13.1. The number of piperidine rings is 1. The van der Waals surface area contributed by atoms with E-state index in [2.05, 4.69) is 22.9 Å². The molecule has 1 aliphatic heterocycles. The molecule has 2 aliphatic carbocycles. The van der Waals surface area contributed by atoms with Gasteiger partial charge in [0.15, 0.2) is 0 Å². The van der Waals surface area contributed by atoms with Crippen molar-refractivity contribution >= 4 is 17.5 Å². The normalized spacial score (nSPS) is 24.2. The molecular weight excluding hydrogens is 408 g/mol. The van der Waals surface area contributed by atoms with Gasteiger partial charge in [0.1, 0.15) is 10.3 Å². The van der Waals surface area contributed by atoms with Gasteiger partial charge in [-0.25, -0.2) is 4.79 Å². The Labute approximate surface area is 190 Å². The Morgan fingerprint density at radius 3 is 2.35 bits per heavy atom. The van der Waals surface area contributed by atoms with Crippen LogP contribution in [0.2, 0.25) is 0 Å². The smallest absolute Gasteiger partial charge is 0.410 e. The van der Waals surface area contributed by atoms with Gasteiger partial charge in [0.25, 0.3) is 0 Å². The SMILES string of the molecule is CC(C)(C)OC(=O)N1CCC2(CC1)Cc1ccc(C3CC3)cc1[C@H]2N[S+]([O-])C(C)(C)C. The fraction of sp³-hybridized carbons (Fsp3) is 0.720. The molecule has 1 amide bonds. The van der Waals surface area contributed by atoms with Crippen molar-refractivity contribution in [1.82, 2.24) is 9.62 Å². The van der Waals surface area contributed by atoms with E-state index in [0.717, 1.165) is 19.3 Å². The molecule has 2 fully saturated rings. The molecule has 1 heterocycles. The van der Waals surface area contributed by atoms with E-state index in [9.17, 15) is 9.35 Å². The Hall–Kier alpha value is -1.24. The highest BCUT2D eigenvalue weighted by atomic mass is 32.2.